The quantitative estimate of drug-likeness (QED) is 0.249. The lowest BCUT2D eigenvalue weighted by molar-refractivity contribution is 0.0668. The Morgan fingerprint density at radius 1 is 1.52 bits per heavy atom. The third-order valence-electron chi connectivity index (χ3n) is 3.73. The van der Waals surface area contributed by atoms with Crippen LogP contribution in [0.3, 0.4) is 0 Å². The van der Waals surface area contributed by atoms with Crippen LogP contribution in [0.25, 0.3) is 0 Å². The standard InChI is InChI=1S/C15H25F2N5O2.HI/c1-18-15(21-9-13-19-5-6-22(13)14(16)17)20-4-2-7-23-10-12-3-8-24-11-12;/h5-6,12,14H,2-4,7-11H2,1H3,(H2,18,20,21);1H. The molecule has 1 fully saturated rings. The summed E-state index contributed by atoms with van der Waals surface area (Å²) in [5.74, 6) is 1.32. The Balaban J connectivity index is 0.00000312. The number of rotatable bonds is 9. The first-order chi connectivity index (χ1) is 11.7. The molecule has 1 unspecified atom stereocenters. The van der Waals surface area contributed by atoms with Gasteiger partial charge in [-0.05, 0) is 12.8 Å². The van der Waals surface area contributed by atoms with Gasteiger partial charge < -0.3 is 20.1 Å². The molecule has 1 aromatic heterocycles. The largest absolute Gasteiger partial charge is 0.381 e. The third kappa shape index (κ3) is 7.82. The Hall–Kier alpha value is -1.01. The molecule has 1 aromatic rings. The fourth-order valence-electron chi connectivity index (χ4n) is 2.39. The maximum atomic E-state index is 12.7. The number of aliphatic imine (C=N–C) groups is 1. The van der Waals surface area contributed by atoms with Crippen LogP contribution in [0.15, 0.2) is 17.4 Å². The average molecular weight is 473 g/mol. The molecule has 1 aliphatic rings. The van der Waals surface area contributed by atoms with E-state index >= 15 is 0 Å². The second kappa shape index (κ2) is 12.4. The molecule has 25 heavy (non-hydrogen) atoms. The fraction of sp³-hybridized carbons (Fsp3) is 0.733. The first kappa shape index (κ1) is 22.0. The Morgan fingerprint density at radius 2 is 2.36 bits per heavy atom. The topological polar surface area (TPSA) is 72.7 Å². The minimum Gasteiger partial charge on any atom is -0.381 e. The summed E-state index contributed by atoms with van der Waals surface area (Å²) in [5.41, 5.74) is 0. The molecule has 1 atom stereocenters. The van der Waals surface area contributed by atoms with Gasteiger partial charge in [0.1, 0.15) is 5.82 Å². The predicted molar refractivity (Wildman–Crippen MR) is 101 cm³/mol. The van der Waals surface area contributed by atoms with Crippen molar-refractivity contribution >= 4 is 29.9 Å². The lowest BCUT2D eigenvalue weighted by Gasteiger charge is -2.13. The van der Waals surface area contributed by atoms with Gasteiger partial charge in [-0.15, -0.1) is 24.0 Å². The van der Waals surface area contributed by atoms with E-state index in [2.05, 4.69) is 20.6 Å². The Morgan fingerprint density at radius 3 is 3.04 bits per heavy atom. The number of hydrogen-bond donors (Lipinski definition) is 2. The molecule has 0 radical (unpaired) electrons. The smallest absolute Gasteiger partial charge is 0.319 e. The number of hydrogen-bond acceptors (Lipinski definition) is 4. The molecule has 2 N–H and O–H groups in total. The second-order valence-electron chi connectivity index (χ2n) is 5.54. The van der Waals surface area contributed by atoms with E-state index in [1.807, 2.05) is 0 Å². The number of imidazole rings is 1. The summed E-state index contributed by atoms with van der Waals surface area (Å²) in [4.78, 5) is 7.97. The van der Waals surface area contributed by atoms with Crippen molar-refractivity contribution in [1.29, 1.82) is 0 Å². The molecule has 0 saturated carbocycles. The first-order valence-corrected chi connectivity index (χ1v) is 8.10. The van der Waals surface area contributed by atoms with E-state index in [0.29, 0.717) is 25.0 Å². The summed E-state index contributed by atoms with van der Waals surface area (Å²) in [6, 6.07) is 0. The van der Waals surface area contributed by atoms with Crippen LogP contribution in [0.4, 0.5) is 8.78 Å². The van der Waals surface area contributed by atoms with Gasteiger partial charge in [0.05, 0.1) is 19.8 Å². The molecule has 0 bridgehead atoms. The summed E-state index contributed by atoms with van der Waals surface area (Å²) in [6.45, 7) is 1.30. The SMILES string of the molecule is CN=C(NCCCOCC1CCOC1)NCc1nccn1C(F)F.I. The van der Waals surface area contributed by atoms with Crippen molar-refractivity contribution in [2.75, 3.05) is 40.0 Å². The van der Waals surface area contributed by atoms with E-state index in [1.165, 1.54) is 12.4 Å². The highest BCUT2D eigenvalue weighted by molar-refractivity contribution is 14.0. The molecule has 0 spiro atoms. The number of ether oxygens (including phenoxy) is 2. The van der Waals surface area contributed by atoms with E-state index in [4.69, 9.17) is 9.47 Å². The van der Waals surface area contributed by atoms with Crippen molar-refractivity contribution in [3.05, 3.63) is 18.2 Å². The molecule has 2 heterocycles. The minimum atomic E-state index is -2.60. The predicted octanol–water partition coefficient (Wildman–Crippen LogP) is 2.00. The summed E-state index contributed by atoms with van der Waals surface area (Å²) < 4.78 is 37.2. The fourth-order valence-corrected chi connectivity index (χ4v) is 2.39. The molecule has 0 amide bonds. The molecule has 10 heteroatoms. The third-order valence-corrected chi connectivity index (χ3v) is 3.73. The highest BCUT2D eigenvalue weighted by Gasteiger charge is 2.15. The van der Waals surface area contributed by atoms with Crippen LogP contribution in [0.5, 0.6) is 0 Å². The van der Waals surface area contributed by atoms with Gasteiger partial charge in [-0.1, -0.05) is 0 Å². The highest BCUT2D eigenvalue weighted by atomic mass is 127. The summed E-state index contributed by atoms with van der Waals surface area (Å²) in [6.07, 6.45) is 4.51. The number of halogens is 3. The van der Waals surface area contributed by atoms with E-state index in [1.54, 1.807) is 7.05 Å². The van der Waals surface area contributed by atoms with Crippen LogP contribution < -0.4 is 10.6 Å². The van der Waals surface area contributed by atoms with E-state index in [0.717, 1.165) is 37.2 Å². The second-order valence-corrected chi connectivity index (χ2v) is 5.54. The Bertz CT molecular complexity index is 510. The molecule has 0 aromatic carbocycles. The minimum absolute atomic E-state index is 0. The Kier molecular flexibility index (Phi) is 10.9. The van der Waals surface area contributed by atoms with Crippen molar-refractivity contribution in [2.24, 2.45) is 10.9 Å². The Labute approximate surface area is 163 Å². The van der Waals surface area contributed by atoms with Gasteiger partial charge in [-0.25, -0.2) is 4.98 Å². The van der Waals surface area contributed by atoms with Gasteiger partial charge in [-0.3, -0.25) is 9.56 Å². The zero-order valence-electron chi connectivity index (χ0n) is 14.3. The van der Waals surface area contributed by atoms with E-state index in [-0.39, 0.29) is 36.3 Å². The van der Waals surface area contributed by atoms with Gasteiger partial charge in [0.25, 0.3) is 0 Å². The highest BCUT2D eigenvalue weighted by Crippen LogP contribution is 2.12. The molecule has 7 nitrogen and oxygen atoms in total. The summed E-state index contributed by atoms with van der Waals surface area (Å²) in [7, 11) is 1.63. The number of guanidine groups is 1. The van der Waals surface area contributed by atoms with Crippen LogP contribution >= 0.6 is 24.0 Å². The normalized spacial score (nSPS) is 17.6. The van der Waals surface area contributed by atoms with Crippen molar-refractivity contribution in [3.8, 4) is 0 Å². The van der Waals surface area contributed by atoms with Crippen molar-refractivity contribution in [3.63, 3.8) is 0 Å². The number of nitrogens with one attached hydrogen (secondary N) is 2. The average Bonchev–Trinajstić information content (AvgIpc) is 3.24. The molecular weight excluding hydrogens is 447 g/mol. The van der Waals surface area contributed by atoms with Gasteiger partial charge in [0, 0.05) is 45.1 Å². The van der Waals surface area contributed by atoms with Gasteiger partial charge in [0.2, 0.25) is 0 Å². The van der Waals surface area contributed by atoms with Crippen LogP contribution in [-0.2, 0) is 16.0 Å². The lowest BCUT2D eigenvalue weighted by atomic mass is 10.1. The van der Waals surface area contributed by atoms with Crippen LogP contribution in [0.1, 0.15) is 25.2 Å². The van der Waals surface area contributed by atoms with Crippen LogP contribution in [-0.4, -0.2) is 55.5 Å². The van der Waals surface area contributed by atoms with Crippen molar-refractivity contribution < 1.29 is 18.3 Å². The molecular formula is C15H26F2IN5O2. The van der Waals surface area contributed by atoms with Crippen LogP contribution in [0.2, 0.25) is 0 Å². The molecule has 0 aliphatic carbocycles. The van der Waals surface area contributed by atoms with Crippen molar-refractivity contribution in [2.45, 2.75) is 25.9 Å². The van der Waals surface area contributed by atoms with Crippen LogP contribution in [0, 0.1) is 5.92 Å². The molecule has 1 aliphatic heterocycles. The van der Waals surface area contributed by atoms with Gasteiger partial charge in [0.15, 0.2) is 5.96 Å². The molecule has 144 valence electrons. The van der Waals surface area contributed by atoms with Gasteiger partial charge in [-0.2, -0.15) is 8.78 Å². The van der Waals surface area contributed by atoms with Gasteiger partial charge >= 0.3 is 6.55 Å². The number of alkyl halides is 2. The van der Waals surface area contributed by atoms with Crippen molar-refractivity contribution in [1.82, 2.24) is 20.2 Å². The number of nitrogens with zero attached hydrogens (tertiary/aromatic N) is 3. The monoisotopic (exact) mass is 473 g/mol. The maximum absolute atomic E-state index is 12.7. The molecule has 1 saturated heterocycles. The van der Waals surface area contributed by atoms with E-state index < -0.39 is 6.55 Å². The summed E-state index contributed by atoms with van der Waals surface area (Å²) in [5, 5.41) is 6.09. The first-order valence-electron chi connectivity index (χ1n) is 8.10. The van der Waals surface area contributed by atoms with E-state index in [9.17, 15) is 8.78 Å². The zero-order valence-corrected chi connectivity index (χ0v) is 16.6. The summed E-state index contributed by atoms with van der Waals surface area (Å²) >= 11 is 0. The lowest BCUT2D eigenvalue weighted by Crippen LogP contribution is -2.38. The zero-order chi connectivity index (χ0) is 17.2. The maximum Gasteiger partial charge on any atom is 0.319 e. The number of aromatic nitrogens is 2. The molecule has 2 rings (SSSR count).